The fourth-order valence-corrected chi connectivity index (χ4v) is 4.86. The highest BCUT2D eigenvalue weighted by Crippen LogP contribution is 2.49. The van der Waals surface area contributed by atoms with E-state index in [4.69, 9.17) is 4.74 Å². The van der Waals surface area contributed by atoms with Gasteiger partial charge >= 0.3 is 0 Å². The minimum atomic E-state index is 0.413. The van der Waals surface area contributed by atoms with Crippen LogP contribution in [0.25, 0.3) is 0 Å². The molecule has 0 aromatic carbocycles. The molecule has 1 saturated carbocycles. The summed E-state index contributed by atoms with van der Waals surface area (Å²) >= 11 is 0. The Kier molecular flexibility index (Phi) is 4.87. The number of hydrogen-bond donors (Lipinski definition) is 0. The summed E-state index contributed by atoms with van der Waals surface area (Å²) in [4.78, 5) is 2.32. The number of hydrogen-bond acceptors (Lipinski definition) is 2. The molecule has 0 radical (unpaired) electrons. The number of allylic oxidation sites excluding steroid dienone is 1. The molecule has 1 spiro atoms. The van der Waals surface area contributed by atoms with Crippen LogP contribution in [0.3, 0.4) is 0 Å². The normalized spacial score (nSPS) is 35.4. The van der Waals surface area contributed by atoms with Crippen LogP contribution in [0.2, 0.25) is 0 Å². The van der Waals surface area contributed by atoms with E-state index in [1.165, 1.54) is 57.9 Å². The maximum atomic E-state index is 5.58. The summed E-state index contributed by atoms with van der Waals surface area (Å²) in [6.07, 6.45) is 16.1. The topological polar surface area (TPSA) is 12.5 Å². The number of rotatable bonds is 5. The lowest BCUT2D eigenvalue weighted by Gasteiger charge is -2.50. The number of ether oxygens (including phenoxy) is 1. The van der Waals surface area contributed by atoms with Gasteiger partial charge in [-0.3, -0.25) is 0 Å². The average Bonchev–Trinajstić information content (AvgIpc) is 2.49. The highest BCUT2D eigenvalue weighted by atomic mass is 16.5. The van der Waals surface area contributed by atoms with E-state index in [0.717, 1.165) is 25.0 Å². The molecule has 0 N–H and O–H groups in total. The quantitative estimate of drug-likeness (QED) is 0.719. The van der Waals surface area contributed by atoms with Gasteiger partial charge in [0.2, 0.25) is 0 Å². The molecule has 126 valence electrons. The standard InChI is InChI=1S/C20H35NO/c1-17(19(2)11-13-21(3)14-12-19)7-6-9-18-8-4-5-10-20(18)15-22-16-20/h11,13,17-18H,4-10,12,14-16H2,1-3H3. The van der Waals surface area contributed by atoms with Gasteiger partial charge in [0.1, 0.15) is 0 Å². The van der Waals surface area contributed by atoms with E-state index in [1.807, 2.05) is 0 Å². The van der Waals surface area contributed by atoms with Gasteiger partial charge in [0.05, 0.1) is 13.2 Å². The smallest absolute Gasteiger partial charge is 0.0547 e. The summed E-state index contributed by atoms with van der Waals surface area (Å²) in [5.74, 6) is 1.75. The fourth-order valence-electron chi connectivity index (χ4n) is 4.86. The van der Waals surface area contributed by atoms with Crippen LogP contribution in [0.4, 0.5) is 0 Å². The molecule has 1 aliphatic carbocycles. The highest BCUT2D eigenvalue weighted by molar-refractivity contribution is 5.03. The van der Waals surface area contributed by atoms with Crippen molar-refractivity contribution < 1.29 is 4.74 Å². The van der Waals surface area contributed by atoms with Crippen LogP contribution < -0.4 is 0 Å². The molecule has 0 amide bonds. The molecule has 22 heavy (non-hydrogen) atoms. The first kappa shape index (κ1) is 16.4. The van der Waals surface area contributed by atoms with Crippen molar-refractivity contribution in [3.63, 3.8) is 0 Å². The molecule has 0 aromatic heterocycles. The first-order valence-corrected chi connectivity index (χ1v) is 9.51. The maximum absolute atomic E-state index is 5.58. The third-order valence-corrected chi connectivity index (χ3v) is 7.15. The van der Waals surface area contributed by atoms with E-state index in [-0.39, 0.29) is 0 Å². The van der Waals surface area contributed by atoms with Gasteiger partial charge in [-0.05, 0) is 55.6 Å². The van der Waals surface area contributed by atoms with Crippen molar-refractivity contribution in [2.45, 2.75) is 65.2 Å². The van der Waals surface area contributed by atoms with Gasteiger partial charge in [-0.2, -0.15) is 0 Å². The molecule has 2 heteroatoms. The second-order valence-corrected chi connectivity index (χ2v) is 8.68. The molecule has 1 saturated heterocycles. The number of nitrogens with zero attached hydrogens (tertiary/aromatic N) is 1. The predicted molar refractivity (Wildman–Crippen MR) is 92.7 cm³/mol. The summed E-state index contributed by atoms with van der Waals surface area (Å²) in [7, 11) is 2.18. The Morgan fingerprint density at radius 3 is 2.73 bits per heavy atom. The van der Waals surface area contributed by atoms with Crippen molar-refractivity contribution in [2.75, 3.05) is 26.8 Å². The van der Waals surface area contributed by atoms with Crippen molar-refractivity contribution in [3.8, 4) is 0 Å². The summed E-state index contributed by atoms with van der Waals surface area (Å²) in [5.41, 5.74) is 1.01. The Morgan fingerprint density at radius 1 is 1.27 bits per heavy atom. The van der Waals surface area contributed by atoms with Gasteiger partial charge in [-0.1, -0.05) is 39.2 Å². The zero-order chi connectivity index (χ0) is 15.6. The van der Waals surface area contributed by atoms with Gasteiger partial charge in [-0.25, -0.2) is 0 Å². The molecule has 3 rings (SSSR count). The molecule has 3 atom stereocenters. The minimum Gasteiger partial charge on any atom is -0.381 e. The fraction of sp³-hybridized carbons (Fsp3) is 0.900. The minimum absolute atomic E-state index is 0.413. The molecule has 3 aliphatic rings. The van der Waals surface area contributed by atoms with Gasteiger partial charge < -0.3 is 9.64 Å². The van der Waals surface area contributed by atoms with Crippen LogP contribution in [-0.2, 0) is 4.74 Å². The van der Waals surface area contributed by atoms with E-state index < -0.39 is 0 Å². The lowest BCUT2D eigenvalue weighted by molar-refractivity contribution is -0.164. The van der Waals surface area contributed by atoms with Crippen molar-refractivity contribution in [1.29, 1.82) is 0 Å². The van der Waals surface area contributed by atoms with E-state index in [2.05, 4.69) is 38.1 Å². The van der Waals surface area contributed by atoms with Gasteiger partial charge in [0.25, 0.3) is 0 Å². The molecule has 2 fully saturated rings. The zero-order valence-electron chi connectivity index (χ0n) is 14.9. The molecule has 0 bridgehead atoms. The average molecular weight is 306 g/mol. The second kappa shape index (κ2) is 6.55. The first-order valence-electron chi connectivity index (χ1n) is 9.51. The summed E-state index contributed by atoms with van der Waals surface area (Å²) in [6, 6.07) is 0. The predicted octanol–water partition coefficient (Wildman–Crippen LogP) is 4.86. The van der Waals surface area contributed by atoms with E-state index >= 15 is 0 Å². The summed E-state index contributed by atoms with van der Waals surface area (Å²) in [6.45, 7) is 8.25. The van der Waals surface area contributed by atoms with E-state index in [1.54, 1.807) is 0 Å². The molecule has 2 heterocycles. The molecular formula is C20H35NO. The van der Waals surface area contributed by atoms with Gasteiger partial charge in [-0.15, -0.1) is 0 Å². The Labute approximate surface area is 137 Å². The maximum Gasteiger partial charge on any atom is 0.0547 e. The molecule has 2 aliphatic heterocycles. The molecule has 0 aromatic rings. The Morgan fingerprint density at radius 2 is 2.09 bits per heavy atom. The monoisotopic (exact) mass is 305 g/mol. The van der Waals surface area contributed by atoms with Crippen molar-refractivity contribution >= 4 is 0 Å². The SMILES string of the molecule is CC(CCCC1CCCCC12COC2)C1(C)C=CN(C)CC1. The Balaban J connectivity index is 1.47. The Hall–Kier alpha value is -0.500. The lowest BCUT2D eigenvalue weighted by atomic mass is 9.63. The second-order valence-electron chi connectivity index (χ2n) is 8.68. The third-order valence-electron chi connectivity index (χ3n) is 7.15. The van der Waals surface area contributed by atoms with Crippen molar-refractivity contribution in [2.24, 2.45) is 22.7 Å². The van der Waals surface area contributed by atoms with Crippen LogP contribution in [0.15, 0.2) is 12.3 Å². The van der Waals surface area contributed by atoms with Crippen LogP contribution in [-0.4, -0.2) is 31.7 Å². The lowest BCUT2D eigenvalue weighted by Crippen LogP contribution is -2.50. The largest absolute Gasteiger partial charge is 0.381 e. The van der Waals surface area contributed by atoms with Crippen LogP contribution in [0.5, 0.6) is 0 Å². The van der Waals surface area contributed by atoms with Gasteiger partial charge in [0, 0.05) is 19.0 Å². The van der Waals surface area contributed by atoms with Crippen molar-refractivity contribution in [1.82, 2.24) is 4.90 Å². The van der Waals surface area contributed by atoms with E-state index in [9.17, 15) is 0 Å². The van der Waals surface area contributed by atoms with Crippen LogP contribution >= 0.6 is 0 Å². The van der Waals surface area contributed by atoms with Crippen LogP contribution in [0.1, 0.15) is 65.2 Å². The summed E-state index contributed by atoms with van der Waals surface area (Å²) < 4.78 is 5.58. The van der Waals surface area contributed by atoms with E-state index in [0.29, 0.717) is 10.8 Å². The molecular weight excluding hydrogens is 270 g/mol. The molecule has 3 unspecified atom stereocenters. The Bertz CT molecular complexity index is 401. The molecule has 2 nitrogen and oxygen atoms in total. The van der Waals surface area contributed by atoms with Gasteiger partial charge in [0.15, 0.2) is 0 Å². The highest BCUT2D eigenvalue weighted by Gasteiger charge is 2.46. The summed E-state index contributed by atoms with van der Waals surface area (Å²) in [5, 5.41) is 0. The first-order chi connectivity index (χ1) is 10.5. The van der Waals surface area contributed by atoms with Crippen molar-refractivity contribution in [3.05, 3.63) is 12.3 Å². The zero-order valence-corrected chi connectivity index (χ0v) is 14.9. The third kappa shape index (κ3) is 3.22. The van der Waals surface area contributed by atoms with Crippen LogP contribution in [0, 0.1) is 22.7 Å².